The summed E-state index contributed by atoms with van der Waals surface area (Å²) in [5.41, 5.74) is 2.91. The van der Waals surface area contributed by atoms with Crippen LogP contribution in [0.25, 0.3) is 0 Å². The lowest BCUT2D eigenvalue weighted by Gasteiger charge is -2.28. The highest BCUT2D eigenvalue weighted by Crippen LogP contribution is 2.17. The Balaban J connectivity index is 1.65. The van der Waals surface area contributed by atoms with E-state index < -0.39 is 0 Å². The Labute approximate surface area is 126 Å². The molecule has 3 nitrogen and oxygen atoms in total. The average molecular weight is 292 g/mol. The smallest absolute Gasteiger partial charge is 0.230 e. The van der Waals surface area contributed by atoms with Crippen molar-refractivity contribution in [3.63, 3.8) is 0 Å². The Bertz CT molecular complexity index is 436. The molecule has 0 radical (unpaired) electrons. The van der Waals surface area contributed by atoms with Crippen molar-refractivity contribution in [3.8, 4) is 0 Å². The molecule has 1 aliphatic rings. The zero-order valence-electron chi connectivity index (χ0n) is 12.2. The highest BCUT2D eigenvalue weighted by molar-refractivity contribution is 7.99. The maximum Gasteiger partial charge on any atom is 0.230 e. The molecule has 0 unspecified atom stereocenters. The molecule has 0 atom stereocenters. The van der Waals surface area contributed by atoms with Crippen molar-refractivity contribution < 1.29 is 4.79 Å². The summed E-state index contributed by atoms with van der Waals surface area (Å²) >= 11 is 1.71. The molecule has 1 amide bonds. The molecule has 0 bridgehead atoms. The number of hydrogen-bond donors (Lipinski definition) is 1. The van der Waals surface area contributed by atoms with E-state index in [9.17, 15) is 4.79 Å². The van der Waals surface area contributed by atoms with Crippen LogP contribution in [-0.2, 0) is 17.8 Å². The van der Waals surface area contributed by atoms with Crippen molar-refractivity contribution in [3.05, 3.63) is 35.4 Å². The van der Waals surface area contributed by atoms with E-state index in [1.807, 2.05) is 0 Å². The van der Waals surface area contributed by atoms with Crippen LogP contribution in [0.4, 0.5) is 0 Å². The minimum absolute atomic E-state index is 0.167. The predicted octanol–water partition coefficient (Wildman–Crippen LogP) is 2.30. The summed E-state index contributed by atoms with van der Waals surface area (Å²) in [6.07, 6.45) is 2.25. The molecule has 0 aromatic heterocycles. The van der Waals surface area contributed by atoms with Crippen molar-refractivity contribution in [2.45, 2.75) is 26.3 Å². The Morgan fingerprint density at radius 2 is 2.15 bits per heavy atom. The molecule has 2 rings (SSSR count). The Hall–Kier alpha value is -1.00. The second-order valence-corrected chi connectivity index (χ2v) is 6.30. The van der Waals surface area contributed by atoms with Crippen molar-refractivity contribution in [1.82, 2.24) is 10.2 Å². The van der Waals surface area contributed by atoms with Crippen molar-refractivity contribution in [1.29, 1.82) is 0 Å². The minimum atomic E-state index is 0.167. The summed E-state index contributed by atoms with van der Waals surface area (Å²) in [5.74, 6) is 1.83. The van der Waals surface area contributed by atoms with Gasteiger partial charge in [-0.25, -0.2) is 0 Å². The first-order valence-corrected chi connectivity index (χ1v) is 8.58. The molecule has 110 valence electrons. The third-order valence-electron chi connectivity index (χ3n) is 3.54. The molecular weight excluding hydrogens is 268 g/mol. The molecule has 1 heterocycles. The molecule has 0 fully saturated rings. The highest BCUT2D eigenvalue weighted by Gasteiger charge is 2.15. The van der Waals surface area contributed by atoms with E-state index >= 15 is 0 Å². The van der Waals surface area contributed by atoms with Crippen LogP contribution in [0.15, 0.2) is 24.3 Å². The third-order valence-corrected chi connectivity index (χ3v) is 4.70. The molecule has 1 aromatic carbocycles. The SMILES string of the molecule is CCCSCC(=O)NCCN1CCc2ccccc2C1. The highest BCUT2D eigenvalue weighted by atomic mass is 32.2. The van der Waals surface area contributed by atoms with Crippen LogP contribution in [0.1, 0.15) is 24.5 Å². The number of rotatable bonds is 7. The summed E-state index contributed by atoms with van der Waals surface area (Å²) in [6, 6.07) is 8.65. The van der Waals surface area contributed by atoms with Crippen LogP contribution in [0.2, 0.25) is 0 Å². The van der Waals surface area contributed by atoms with Crippen molar-refractivity contribution in [2.75, 3.05) is 31.1 Å². The molecular formula is C16H24N2OS. The summed E-state index contributed by atoms with van der Waals surface area (Å²) in [6.45, 7) is 5.94. The lowest BCUT2D eigenvalue weighted by atomic mass is 10.00. The normalized spacial score (nSPS) is 14.8. The van der Waals surface area contributed by atoms with Gasteiger partial charge in [0, 0.05) is 26.2 Å². The van der Waals surface area contributed by atoms with Gasteiger partial charge in [-0.15, -0.1) is 0 Å². The van der Waals surface area contributed by atoms with Gasteiger partial charge in [0.2, 0.25) is 5.91 Å². The fourth-order valence-corrected chi connectivity index (χ4v) is 3.18. The molecule has 20 heavy (non-hydrogen) atoms. The first-order chi connectivity index (χ1) is 9.79. The number of fused-ring (bicyclic) bond motifs is 1. The van der Waals surface area contributed by atoms with Crippen LogP contribution < -0.4 is 5.32 Å². The van der Waals surface area contributed by atoms with Gasteiger partial charge in [-0.2, -0.15) is 11.8 Å². The number of hydrogen-bond acceptors (Lipinski definition) is 3. The van der Waals surface area contributed by atoms with Crippen LogP contribution >= 0.6 is 11.8 Å². The number of thioether (sulfide) groups is 1. The van der Waals surface area contributed by atoms with Gasteiger partial charge in [-0.05, 0) is 29.7 Å². The Kier molecular flexibility index (Phi) is 6.40. The van der Waals surface area contributed by atoms with E-state index in [1.54, 1.807) is 11.8 Å². The number of benzene rings is 1. The van der Waals surface area contributed by atoms with Crippen LogP contribution in [0.5, 0.6) is 0 Å². The van der Waals surface area contributed by atoms with E-state index in [2.05, 4.69) is 41.4 Å². The number of carbonyl (C=O) groups excluding carboxylic acids is 1. The maximum atomic E-state index is 11.6. The number of amides is 1. The van der Waals surface area contributed by atoms with E-state index in [4.69, 9.17) is 0 Å². The fraction of sp³-hybridized carbons (Fsp3) is 0.562. The van der Waals surface area contributed by atoms with Crippen LogP contribution in [-0.4, -0.2) is 41.9 Å². The van der Waals surface area contributed by atoms with Gasteiger partial charge in [-0.3, -0.25) is 9.69 Å². The lowest BCUT2D eigenvalue weighted by Crippen LogP contribution is -2.38. The van der Waals surface area contributed by atoms with Gasteiger partial charge < -0.3 is 5.32 Å². The van der Waals surface area contributed by atoms with E-state index in [1.165, 1.54) is 11.1 Å². The second-order valence-electron chi connectivity index (χ2n) is 5.20. The molecule has 4 heteroatoms. The fourth-order valence-electron chi connectivity index (χ4n) is 2.46. The number of carbonyl (C=O) groups is 1. The lowest BCUT2D eigenvalue weighted by molar-refractivity contribution is -0.118. The van der Waals surface area contributed by atoms with E-state index in [-0.39, 0.29) is 5.91 Å². The summed E-state index contributed by atoms with van der Waals surface area (Å²) in [7, 11) is 0. The first kappa shape index (κ1) is 15.4. The second kappa shape index (κ2) is 8.32. The molecule has 0 saturated carbocycles. The summed E-state index contributed by atoms with van der Waals surface area (Å²) in [4.78, 5) is 14.0. The molecule has 1 N–H and O–H groups in total. The van der Waals surface area contributed by atoms with Gasteiger partial charge in [0.15, 0.2) is 0 Å². The average Bonchev–Trinajstić information content (AvgIpc) is 2.47. The third kappa shape index (κ3) is 4.84. The first-order valence-electron chi connectivity index (χ1n) is 7.43. The summed E-state index contributed by atoms with van der Waals surface area (Å²) in [5, 5.41) is 3.01. The largest absolute Gasteiger partial charge is 0.354 e. The predicted molar refractivity (Wildman–Crippen MR) is 86.0 cm³/mol. The molecule has 0 aliphatic carbocycles. The monoisotopic (exact) mass is 292 g/mol. The van der Waals surface area contributed by atoms with Gasteiger partial charge in [0.25, 0.3) is 0 Å². The van der Waals surface area contributed by atoms with Crippen molar-refractivity contribution >= 4 is 17.7 Å². The standard InChI is InChI=1S/C16H24N2OS/c1-2-11-20-13-16(19)17-8-10-18-9-7-14-5-3-4-6-15(14)12-18/h3-6H,2,7-13H2,1H3,(H,17,19). The van der Waals surface area contributed by atoms with Gasteiger partial charge in [0.05, 0.1) is 5.75 Å². The molecule has 1 aromatic rings. The Morgan fingerprint density at radius 3 is 2.95 bits per heavy atom. The topological polar surface area (TPSA) is 32.3 Å². The molecule has 0 saturated heterocycles. The zero-order chi connectivity index (χ0) is 14.2. The summed E-state index contributed by atoms with van der Waals surface area (Å²) < 4.78 is 0. The number of nitrogens with zero attached hydrogens (tertiary/aromatic N) is 1. The molecule has 1 aliphatic heterocycles. The van der Waals surface area contributed by atoms with Crippen LogP contribution in [0.3, 0.4) is 0 Å². The van der Waals surface area contributed by atoms with E-state index in [0.29, 0.717) is 5.75 Å². The quantitative estimate of drug-likeness (QED) is 0.783. The zero-order valence-corrected chi connectivity index (χ0v) is 13.0. The Morgan fingerprint density at radius 1 is 1.35 bits per heavy atom. The van der Waals surface area contributed by atoms with E-state index in [0.717, 1.165) is 44.8 Å². The van der Waals surface area contributed by atoms with Crippen molar-refractivity contribution in [2.24, 2.45) is 0 Å². The van der Waals surface area contributed by atoms with Gasteiger partial charge in [0.1, 0.15) is 0 Å². The van der Waals surface area contributed by atoms with Gasteiger partial charge >= 0.3 is 0 Å². The molecule has 0 spiro atoms. The van der Waals surface area contributed by atoms with Gasteiger partial charge in [-0.1, -0.05) is 31.2 Å². The number of nitrogens with one attached hydrogen (secondary N) is 1. The van der Waals surface area contributed by atoms with Crippen LogP contribution in [0, 0.1) is 0 Å². The maximum absolute atomic E-state index is 11.6. The minimum Gasteiger partial charge on any atom is -0.354 e.